The molecule has 1 N–H and O–H groups in total. The molecule has 0 spiro atoms. The number of para-hydroxylation sites is 1. The van der Waals surface area contributed by atoms with Crippen LogP contribution in [0.4, 0.5) is 0 Å². The lowest BCUT2D eigenvalue weighted by molar-refractivity contribution is 0.0840. The number of pyridine rings is 1. The third-order valence-electron chi connectivity index (χ3n) is 7.30. The predicted molar refractivity (Wildman–Crippen MR) is 143 cm³/mol. The van der Waals surface area contributed by atoms with Gasteiger partial charge in [0.1, 0.15) is 5.75 Å². The molecule has 0 saturated heterocycles. The number of hydrogen-bond acceptors (Lipinski definition) is 6. The predicted octanol–water partition coefficient (Wildman–Crippen LogP) is 4.46. The van der Waals surface area contributed by atoms with Gasteiger partial charge in [0, 0.05) is 42.8 Å². The summed E-state index contributed by atoms with van der Waals surface area (Å²) in [6.07, 6.45) is 2.07. The smallest absolute Gasteiger partial charge is 0.124 e. The molecule has 37 heavy (non-hydrogen) atoms. The summed E-state index contributed by atoms with van der Waals surface area (Å²) in [6.45, 7) is 4.91. The fraction of sp³-hybridized carbons (Fsp3) is 0.345. The van der Waals surface area contributed by atoms with Crippen molar-refractivity contribution < 1.29 is 14.6 Å². The zero-order valence-corrected chi connectivity index (χ0v) is 21.5. The molecule has 3 aromatic heterocycles. The summed E-state index contributed by atoms with van der Waals surface area (Å²) >= 11 is 0. The van der Waals surface area contributed by atoms with Crippen molar-refractivity contribution in [2.24, 2.45) is 13.0 Å². The van der Waals surface area contributed by atoms with Crippen molar-refractivity contribution in [2.45, 2.75) is 32.4 Å². The Kier molecular flexibility index (Phi) is 5.93. The molecule has 3 atom stereocenters. The van der Waals surface area contributed by atoms with Gasteiger partial charge in [-0.15, -0.1) is 5.10 Å². The van der Waals surface area contributed by atoms with Crippen LogP contribution in [-0.4, -0.2) is 56.1 Å². The Bertz CT molecular complexity index is 1580. The van der Waals surface area contributed by atoms with Gasteiger partial charge in [0.25, 0.3) is 0 Å². The number of benzene rings is 2. The van der Waals surface area contributed by atoms with E-state index in [1.54, 1.807) is 11.8 Å². The number of fused-ring (bicyclic) bond motifs is 4. The SMILES string of the molecule is COCC1COc2ccccc2C1n1c2cc(CC(C)O)ccc2c2ncc(-c3c(C)nnn3C)cc21. The van der Waals surface area contributed by atoms with E-state index in [9.17, 15) is 5.11 Å². The highest BCUT2D eigenvalue weighted by molar-refractivity contribution is 6.07. The molecule has 8 nitrogen and oxygen atoms in total. The van der Waals surface area contributed by atoms with Crippen molar-refractivity contribution in [3.8, 4) is 17.0 Å². The highest BCUT2D eigenvalue weighted by Crippen LogP contribution is 2.43. The van der Waals surface area contributed by atoms with Gasteiger partial charge in [0.05, 0.1) is 53.3 Å². The lowest BCUT2D eigenvalue weighted by Crippen LogP contribution is -2.33. The van der Waals surface area contributed by atoms with Crippen LogP contribution < -0.4 is 4.74 Å². The minimum Gasteiger partial charge on any atom is -0.493 e. The van der Waals surface area contributed by atoms with Gasteiger partial charge in [0.2, 0.25) is 0 Å². The molecule has 2 aromatic carbocycles. The van der Waals surface area contributed by atoms with E-state index in [1.165, 1.54) is 0 Å². The number of aliphatic hydroxyl groups is 1. The van der Waals surface area contributed by atoms with Crippen molar-refractivity contribution in [1.82, 2.24) is 24.5 Å². The average molecular weight is 498 g/mol. The number of aliphatic hydroxyl groups excluding tert-OH is 1. The Morgan fingerprint density at radius 2 is 2.00 bits per heavy atom. The van der Waals surface area contributed by atoms with E-state index in [0.29, 0.717) is 19.6 Å². The Morgan fingerprint density at radius 3 is 2.76 bits per heavy atom. The summed E-state index contributed by atoms with van der Waals surface area (Å²) in [5, 5.41) is 19.6. The average Bonchev–Trinajstić information content (AvgIpc) is 3.39. The topological polar surface area (TPSA) is 87.2 Å². The van der Waals surface area contributed by atoms with E-state index in [1.807, 2.05) is 39.2 Å². The van der Waals surface area contributed by atoms with Gasteiger partial charge in [-0.2, -0.15) is 0 Å². The molecule has 1 aliphatic rings. The lowest BCUT2D eigenvalue weighted by atomic mass is 9.90. The molecule has 4 heterocycles. The normalized spacial score (nSPS) is 18.2. The molecule has 1 aliphatic heterocycles. The van der Waals surface area contributed by atoms with Gasteiger partial charge in [-0.25, -0.2) is 4.68 Å². The third kappa shape index (κ3) is 3.97. The van der Waals surface area contributed by atoms with Gasteiger partial charge in [-0.1, -0.05) is 35.5 Å². The number of rotatable bonds is 6. The molecule has 0 bridgehead atoms. The standard InChI is InChI=1S/C29H31N5O3/c1-17(35)11-19-9-10-22-24(12-19)34(29-21(15-36-4)16-37-26-8-6-5-7-23(26)29)25-13-20(14-30-27(22)25)28-18(2)31-32-33(28)3/h5-10,12-14,17,21,29,35H,11,15-16H2,1-4H3. The van der Waals surface area contributed by atoms with Crippen LogP contribution in [0.3, 0.4) is 0 Å². The number of nitrogens with zero attached hydrogens (tertiary/aromatic N) is 5. The molecule has 0 fully saturated rings. The first-order valence-electron chi connectivity index (χ1n) is 12.6. The molecule has 0 saturated carbocycles. The molecule has 190 valence electrons. The summed E-state index contributed by atoms with van der Waals surface area (Å²) in [6, 6.07) is 16.8. The van der Waals surface area contributed by atoms with Gasteiger partial charge in [-0.3, -0.25) is 4.98 Å². The molecule has 0 radical (unpaired) electrons. The van der Waals surface area contributed by atoms with E-state index in [-0.39, 0.29) is 12.0 Å². The number of aryl methyl sites for hydroxylation is 2. The number of aromatic nitrogens is 5. The fourth-order valence-electron chi connectivity index (χ4n) is 5.81. The van der Waals surface area contributed by atoms with Crippen LogP contribution in [0.25, 0.3) is 33.2 Å². The largest absolute Gasteiger partial charge is 0.493 e. The van der Waals surface area contributed by atoms with Crippen molar-refractivity contribution in [3.05, 3.63) is 71.5 Å². The number of methoxy groups -OCH3 is 1. The lowest BCUT2D eigenvalue weighted by Gasteiger charge is -2.35. The van der Waals surface area contributed by atoms with E-state index < -0.39 is 6.10 Å². The monoisotopic (exact) mass is 497 g/mol. The minimum absolute atomic E-state index is 0.0190. The van der Waals surface area contributed by atoms with E-state index in [0.717, 1.165) is 55.8 Å². The van der Waals surface area contributed by atoms with E-state index in [2.05, 4.69) is 51.3 Å². The highest BCUT2D eigenvalue weighted by Gasteiger charge is 2.34. The Balaban J connectivity index is 1.68. The van der Waals surface area contributed by atoms with Crippen LogP contribution in [0.15, 0.2) is 54.7 Å². The molecular formula is C29H31N5O3. The molecule has 0 amide bonds. The number of ether oxygens (including phenoxy) is 2. The van der Waals surface area contributed by atoms with Gasteiger partial charge in [0.15, 0.2) is 0 Å². The van der Waals surface area contributed by atoms with E-state index in [4.69, 9.17) is 14.5 Å². The van der Waals surface area contributed by atoms with Crippen LogP contribution in [0.2, 0.25) is 0 Å². The zero-order chi connectivity index (χ0) is 25.7. The molecule has 6 rings (SSSR count). The maximum atomic E-state index is 10.1. The van der Waals surface area contributed by atoms with Crippen molar-refractivity contribution in [3.63, 3.8) is 0 Å². The quantitative estimate of drug-likeness (QED) is 0.373. The zero-order valence-electron chi connectivity index (χ0n) is 21.5. The summed E-state index contributed by atoms with van der Waals surface area (Å²) < 4.78 is 16.0. The van der Waals surface area contributed by atoms with Crippen molar-refractivity contribution in [1.29, 1.82) is 0 Å². The second-order valence-corrected chi connectivity index (χ2v) is 10.0. The first-order valence-corrected chi connectivity index (χ1v) is 12.6. The van der Waals surface area contributed by atoms with Crippen LogP contribution >= 0.6 is 0 Å². The first-order chi connectivity index (χ1) is 18.0. The van der Waals surface area contributed by atoms with Crippen LogP contribution in [0.1, 0.15) is 29.8 Å². The third-order valence-corrected chi connectivity index (χ3v) is 7.30. The Labute approximate surface area is 215 Å². The maximum Gasteiger partial charge on any atom is 0.124 e. The van der Waals surface area contributed by atoms with Crippen LogP contribution in [0.5, 0.6) is 5.75 Å². The summed E-state index contributed by atoms with van der Waals surface area (Å²) in [5.74, 6) is 0.994. The summed E-state index contributed by atoms with van der Waals surface area (Å²) in [7, 11) is 3.64. The van der Waals surface area contributed by atoms with Crippen molar-refractivity contribution in [2.75, 3.05) is 20.3 Å². The Morgan fingerprint density at radius 1 is 1.16 bits per heavy atom. The van der Waals surface area contributed by atoms with Gasteiger partial charge in [-0.05, 0) is 44.0 Å². The van der Waals surface area contributed by atoms with E-state index >= 15 is 0 Å². The van der Waals surface area contributed by atoms with Crippen LogP contribution in [-0.2, 0) is 18.2 Å². The maximum absolute atomic E-state index is 10.1. The van der Waals surface area contributed by atoms with Gasteiger partial charge < -0.3 is 19.1 Å². The number of hydrogen-bond donors (Lipinski definition) is 1. The van der Waals surface area contributed by atoms with Gasteiger partial charge >= 0.3 is 0 Å². The highest BCUT2D eigenvalue weighted by atomic mass is 16.5. The minimum atomic E-state index is -0.426. The second kappa shape index (κ2) is 9.28. The molecule has 0 aliphatic carbocycles. The molecular weight excluding hydrogens is 466 g/mol. The first kappa shape index (κ1) is 23.6. The molecule has 3 unspecified atom stereocenters. The summed E-state index contributed by atoms with van der Waals surface area (Å²) in [4.78, 5) is 4.98. The second-order valence-electron chi connectivity index (χ2n) is 10.0. The van der Waals surface area contributed by atoms with Crippen molar-refractivity contribution >= 4 is 21.9 Å². The summed E-state index contributed by atoms with van der Waals surface area (Å²) in [5.41, 5.74) is 8.04. The molecule has 8 heteroatoms. The van der Waals surface area contributed by atoms with Crippen LogP contribution in [0, 0.1) is 12.8 Å². The fourth-order valence-corrected chi connectivity index (χ4v) is 5.81. The molecule has 5 aromatic rings. The Hall–Kier alpha value is -3.75.